The molecule has 2 radical (unpaired) electrons. The van der Waals surface area contributed by atoms with E-state index < -0.39 is 0 Å². The molecule has 0 atom stereocenters. The molecule has 0 saturated carbocycles. The van der Waals surface area contributed by atoms with Crippen molar-refractivity contribution in [2.75, 3.05) is 0 Å². The van der Waals surface area contributed by atoms with Crippen LogP contribution in [-0.4, -0.2) is 17.4 Å². The molecule has 4 heteroatoms. The van der Waals surface area contributed by atoms with Gasteiger partial charge in [0.05, 0.1) is 16.7 Å². The first-order valence-electron chi connectivity index (χ1n) is 5.34. The average Bonchev–Trinajstić information content (AvgIpc) is 2.30. The van der Waals surface area contributed by atoms with E-state index in [4.69, 9.17) is 7.98 Å². The molecule has 1 aromatic heterocycles. The molecule has 0 N–H and O–H groups in total. The van der Waals surface area contributed by atoms with Crippen LogP contribution in [0.1, 0.15) is 25.2 Å². The number of aryl methyl sites for hydroxylation is 2. The summed E-state index contributed by atoms with van der Waals surface area (Å²) in [6.07, 6.45) is 0. The molecule has 0 aliphatic carbocycles. The molecular weight excluding hydrogens is 199 g/mol. The third-order valence-corrected chi connectivity index (χ3v) is 2.23. The minimum atomic E-state index is -0.198. The highest BCUT2D eigenvalue weighted by molar-refractivity contribution is 6.07. The van der Waals surface area contributed by atoms with Crippen molar-refractivity contribution in [1.82, 2.24) is 9.46 Å². The van der Waals surface area contributed by atoms with Crippen molar-refractivity contribution in [3.63, 3.8) is 0 Å². The van der Waals surface area contributed by atoms with Crippen molar-refractivity contribution in [3.05, 3.63) is 39.9 Å². The van der Waals surface area contributed by atoms with Crippen LogP contribution in [-0.2, 0) is 0 Å². The van der Waals surface area contributed by atoms with E-state index in [9.17, 15) is 4.79 Å². The van der Waals surface area contributed by atoms with Gasteiger partial charge in [-0.05, 0) is 26.0 Å². The molecule has 82 valence electrons. The lowest BCUT2D eigenvalue weighted by molar-refractivity contribution is 0.986. The summed E-state index contributed by atoms with van der Waals surface area (Å²) in [6, 6.07) is 5.56. The Bertz CT molecular complexity index is 561. The van der Waals surface area contributed by atoms with Gasteiger partial charge in [-0.1, -0.05) is 25.5 Å². The zero-order valence-corrected chi connectivity index (χ0v) is 10.1. The number of hydrogen-bond acceptors (Lipinski definition) is 2. The van der Waals surface area contributed by atoms with E-state index in [0.717, 1.165) is 10.0 Å². The van der Waals surface area contributed by atoms with Gasteiger partial charge >= 0.3 is 0 Å². The molecule has 2 rings (SSSR count). The first kappa shape index (κ1) is 12.5. The normalized spacial score (nSPS) is 9.75. The van der Waals surface area contributed by atoms with Gasteiger partial charge in [0.15, 0.2) is 0 Å². The number of aromatic nitrogens is 2. The number of hydrogen-bond donors (Lipinski definition) is 0. The maximum atomic E-state index is 11.7. The van der Waals surface area contributed by atoms with Crippen molar-refractivity contribution < 1.29 is 0 Å². The molecule has 0 fully saturated rings. The maximum absolute atomic E-state index is 11.7. The minimum Gasteiger partial charge on any atom is -0.354 e. The first-order chi connectivity index (χ1) is 7.59. The molecular formula is C12H15BN2O. The van der Waals surface area contributed by atoms with Gasteiger partial charge in [-0.25, -0.2) is 4.98 Å². The fourth-order valence-electron chi connectivity index (χ4n) is 1.42. The van der Waals surface area contributed by atoms with Gasteiger partial charge in [-0.15, -0.1) is 0 Å². The Labute approximate surface area is 96.6 Å². The number of fused-ring (bicyclic) bond motifs is 1. The highest BCUT2D eigenvalue weighted by Crippen LogP contribution is 2.09. The molecule has 2 aromatic rings. The van der Waals surface area contributed by atoms with Crippen LogP contribution in [0.2, 0.25) is 0 Å². The summed E-state index contributed by atoms with van der Waals surface area (Å²) in [6.45, 7) is 7.64. The summed E-state index contributed by atoms with van der Waals surface area (Å²) >= 11 is 0. The van der Waals surface area contributed by atoms with Crippen LogP contribution in [0, 0.1) is 13.8 Å². The van der Waals surface area contributed by atoms with Gasteiger partial charge in [-0.2, -0.15) is 0 Å². The minimum absolute atomic E-state index is 0.198. The summed E-state index contributed by atoms with van der Waals surface area (Å²) in [7, 11) is 5.54. The van der Waals surface area contributed by atoms with Crippen LogP contribution >= 0.6 is 0 Å². The molecule has 0 saturated heterocycles. The van der Waals surface area contributed by atoms with E-state index in [1.807, 2.05) is 32.9 Å². The molecule has 0 aliphatic rings. The monoisotopic (exact) mass is 214 g/mol. The molecule has 3 nitrogen and oxygen atoms in total. The smallest absolute Gasteiger partial charge is 0.248 e. The highest BCUT2D eigenvalue weighted by Gasteiger charge is 2.03. The number of benzene rings is 1. The lowest BCUT2D eigenvalue weighted by atomic mass is 10.1. The Morgan fingerprint density at radius 3 is 2.50 bits per heavy atom. The summed E-state index contributed by atoms with van der Waals surface area (Å²) in [5, 5.41) is 0.568. The molecule has 0 unspecified atom stereocenters. The van der Waals surface area contributed by atoms with E-state index in [1.54, 1.807) is 13.0 Å². The molecule has 0 aliphatic heterocycles. The second-order valence-electron chi connectivity index (χ2n) is 3.35. The van der Waals surface area contributed by atoms with E-state index in [1.165, 1.54) is 0 Å². The number of nitrogens with zero attached hydrogens (tertiary/aromatic N) is 2. The molecule has 1 heterocycles. The van der Waals surface area contributed by atoms with Crippen LogP contribution in [0.3, 0.4) is 0 Å². The van der Waals surface area contributed by atoms with Gasteiger partial charge in [0, 0.05) is 0 Å². The van der Waals surface area contributed by atoms with Crippen LogP contribution in [0.15, 0.2) is 23.0 Å². The first-order valence-corrected chi connectivity index (χ1v) is 5.34. The molecule has 0 bridgehead atoms. The lowest BCUT2D eigenvalue weighted by Crippen LogP contribution is -2.22. The van der Waals surface area contributed by atoms with Crippen molar-refractivity contribution in [3.8, 4) is 0 Å². The summed E-state index contributed by atoms with van der Waals surface area (Å²) < 4.78 is 1.07. The van der Waals surface area contributed by atoms with Crippen molar-refractivity contribution >= 4 is 18.9 Å². The third-order valence-electron chi connectivity index (χ3n) is 2.23. The second kappa shape index (κ2) is 4.97. The Balaban J connectivity index is 0.000000606. The fraction of sp³-hybridized carbons (Fsp3) is 0.333. The maximum Gasteiger partial charge on any atom is 0.248 e. The standard InChI is InChI=1S/C10H9BN2O.C2H6/c1-6-3-4-9-8(5-6)10(14)13(11)7(2)12-9;1-2/h3-5H,1-2H3;1-2H3. The quantitative estimate of drug-likeness (QED) is 0.628. The van der Waals surface area contributed by atoms with Crippen molar-refractivity contribution in [2.45, 2.75) is 27.7 Å². The predicted octanol–water partition coefficient (Wildman–Crippen LogP) is 1.97. The molecule has 0 amide bonds. The molecule has 16 heavy (non-hydrogen) atoms. The van der Waals surface area contributed by atoms with Gasteiger partial charge in [0.2, 0.25) is 13.5 Å². The zero-order chi connectivity index (χ0) is 12.3. The van der Waals surface area contributed by atoms with Crippen LogP contribution in [0.25, 0.3) is 10.9 Å². The van der Waals surface area contributed by atoms with Crippen LogP contribution in [0.4, 0.5) is 0 Å². The Morgan fingerprint density at radius 2 is 1.88 bits per heavy atom. The molecule has 1 aromatic carbocycles. The van der Waals surface area contributed by atoms with Crippen LogP contribution in [0.5, 0.6) is 0 Å². The Morgan fingerprint density at radius 1 is 1.25 bits per heavy atom. The van der Waals surface area contributed by atoms with E-state index in [-0.39, 0.29) is 5.56 Å². The van der Waals surface area contributed by atoms with Gasteiger partial charge in [0.1, 0.15) is 0 Å². The summed E-state index contributed by atoms with van der Waals surface area (Å²) in [5.41, 5.74) is 1.52. The average molecular weight is 214 g/mol. The Hall–Kier alpha value is -1.58. The van der Waals surface area contributed by atoms with Gasteiger partial charge < -0.3 is 4.48 Å². The predicted molar refractivity (Wildman–Crippen MR) is 68.0 cm³/mol. The lowest BCUT2D eigenvalue weighted by Gasteiger charge is -2.05. The van der Waals surface area contributed by atoms with E-state index in [0.29, 0.717) is 16.7 Å². The summed E-state index contributed by atoms with van der Waals surface area (Å²) in [5.74, 6) is 0.520. The third kappa shape index (κ3) is 2.16. The summed E-state index contributed by atoms with van der Waals surface area (Å²) in [4.78, 5) is 15.9. The van der Waals surface area contributed by atoms with Crippen molar-refractivity contribution in [1.29, 1.82) is 0 Å². The van der Waals surface area contributed by atoms with Crippen LogP contribution < -0.4 is 5.56 Å². The Kier molecular flexibility index (Phi) is 3.88. The van der Waals surface area contributed by atoms with Gasteiger partial charge in [-0.3, -0.25) is 4.79 Å². The largest absolute Gasteiger partial charge is 0.354 e. The zero-order valence-electron chi connectivity index (χ0n) is 10.1. The topological polar surface area (TPSA) is 34.9 Å². The SMILES string of the molecule is CC.[B]n1c(C)nc2ccc(C)cc2c1=O. The van der Waals surface area contributed by atoms with Crippen molar-refractivity contribution in [2.24, 2.45) is 0 Å². The highest BCUT2D eigenvalue weighted by atomic mass is 16.1. The molecule has 0 spiro atoms. The second-order valence-corrected chi connectivity index (χ2v) is 3.35. The number of rotatable bonds is 0. The fourth-order valence-corrected chi connectivity index (χ4v) is 1.42. The van der Waals surface area contributed by atoms with E-state index >= 15 is 0 Å². The van der Waals surface area contributed by atoms with E-state index in [2.05, 4.69) is 4.98 Å². The van der Waals surface area contributed by atoms with Gasteiger partial charge in [0.25, 0.3) is 0 Å².